The first kappa shape index (κ1) is 32.1. The normalized spacial score (nSPS) is 11.8. The molecule has 0 saturated heterocycles. The third kappa shape index (κ3) is 8.06. The van der Waals surface area contributed by atoms with Gasteiger partial charge in [0.15, 0.2) is 0 Å². The van der Waals surface area contributed by atoms with E-state index in [1.54, 1.807) is 56.5 Å². The fourth-order valence-corrected chi connectivity index (χ4v) is 5.78. The minimum atomic E-state index is -4.27. The van der Waals surface area contributed by atoms with E-state index in [2.05, 4.69) is 5.32 Å². The van der Waals surface area contributed by atoms with E-state index < -0.39 is 33.4 Å². The van der Waals surface area contributed by atoms with Crippen LogP contribution in [0.15, 0.2) is 83.8 Å². The molecule has 3 rings (SSSR count). The summed E-state index contributed by atoms with van der Waals surface area (Å²) in [4.78, 5) is 39.2. The molecule has 2 amide bonds. The molecule has 42 heavy (non-hydrogen) atoms. The van der Waals surface area contributed by atoms with Gasteiger partial charge in [-0.1, -0.05) is 50.6 Å². The van der Waals surface area contributed by atoms with Gasteiger partial charge in [-0.3, -0.25) is 24.0 Å². The maximum absolute atomic E-state index is 14.0. The summed E-state index contributed by atoms with van der Waals surface area (Å²) in [6.45, 7) is 3.65. The molecule has 1 N–H and O–H groups in total. The van der Waals surface area contributed by atoms with Crippen molar-refractivity contribution in [2.75, 3.05) is 24.5 Å². The third-order valence-electron chi connectivity index (χ3n) is 6.69. The number of nitro benzene ring substituents is 1. The number of nitrogens with one attached hydrogen (secondary N) is 1. The number of carbonyl (C=O) groups excluding carboxylic acids is 2. The van der Waals surface area contributed by atoms with Gasteiger partial charge < -0.3 is 15.0 Å². The Morgan fingerprint density at radius 3 is 2.17 bits per heavy atom. The fraction of sp³-hybridized carbons (Fsp3) is 0.333. The van der Waals surface area contributed by atoms with Gasteiger partial charge in [0.1, 0.15) is 18.3 Å². The number of nitro groups is 1. The van der Waals surface area contributed by atoms with Crippen LogP contribution in [0.5, 0.6) is 5.75 Å². The maximum Gasteiger partial charge on any atom is 0.269 e. The molecule has 0 saturated carbocycles. The van der Waals surface area contributed by atoms with Gasteiger partial charge in [-0.2, -0.15) is 0 Å². The predicted octanol–water partition coefficient (Wildman–Crippen LogP) is 4.52. The Balaban J connectivity index is 2.04. The van der Waals surface area contributed by atoms with E-state index in [1.807, 2.05) is 6.92 Å². The van der Waals surface area contributed by atoms with Gasteiger partial charge in [-0.05, 0) is 54.8 Å². The second kappa shape index (κ2) is 15.0. The molecule has 0 aromatic heterocycles. The van der Waals surface area contributed by atoms with Crippen LogP contribution < -0.4 is 14.4 Å². The summed E-state index contributed by atoms with van der Waals surface area (Å²) in [6.07, 6.45) is 1.95. The standard InChI is InChI=1S/C30H36N4O7S/c1-4-6-20-31-30(36)28(5-2)32(21-23-12-18-26(41-3)19-13-23)29(35)22-33(24-14-16-25(17-15-24)34(37)38)42(39,40)27-10-8-7-9-11-27/h7-19,28H,4-6,20-22H2,1-3H3,(H,31,36). The Morgan fingerprint density at radius 2 is 1.62 bits per heavy atom. The largest absolute Gasteiger partial charge is 0.497 e. The predicted molar refractivity (Wildman–Crippen MR) is 160 cm³/mol. The molecular formula is C30H36N4O7S. The van der Waals surface area contributed by atoms with Gasteiger partial charge in [-0.25, -0.2) is 8.42 Å². The highest BCUT2D eigenvalue weighted by Gasteiger charge is 2.33. The van der Waals surface area contributed by atoms with Gasteiger partial charge >= 0.3 is 0 Å². The van der Waals surface area contributed by atoms with Crippen LogP contribution in [0.1, 0.15) is 38.7 Å². The Morgan fingerprint density at radius 1 is 0.976 bits per heavy atom. The van der Waals surface area contributed by atoms with Gasteiger partial charge in [0.05, 0.1) is 22.6 Å². The molecule has 1 unspecified atom stereocenters. The van der Waals surface area contributed by atoms with Crippen LogP contribution in [-0.2, 0) is 26.2 Å². The highest BCUT2D eigenvalue weighted by Crippen LogP contribution is 2.27. The molecule has 224 valence electrons. The number of non-ortho nitro benzene ring substituents is 1. The second-order valence-corrected chi connectivity index (χ2v) is 11.4. The Labute approximate surface area is 246 Å². The van der Waals surface area contributed by atoms with Crippen LogP contribution in [-0.4, -0.2) is 56.3 Å². The van der Waals surface area contributed by atoms with Crippen LogP contribution in [0.25, 0.3) is 0 Å². The first-order valence-corrected chi connectivity index (χ1v) is 15.1. The summed E-state index contributed by atoms with van der Waals surface area (Å²) in [5.41, 5.74) is 0.567. The number of sulfonamides is 1. The van der Waals surface area contributed by atoms with Crippen molar-refractivity contribution in [1.82, 2.24) is 10.2 Å². The van der Waals surface area contributed by atoms with Crippen molar-refractivity contribution in [2.24, 2.45) is 0 Å². The SMILES string of the molecule is CCCCNC(=O)C(CC)N(Cc1ccc(OC)cc1)C(=O)CN(c1ccc([N+](=O)[O-])cc1)S(=O)(=O)c1ccccc1. The zero-order valence-corrected chi connectivity index (χ0v) is 24.7. The minimum absolute atomic E-state index is 0.0437. The molecule has 0 bridgehead atoms. The highest BCUT2D eigenvalue weighted by atomic mass is 32.2. The summed E-state index contributed by atoms with van der Waals surface area (Å²) in [5, 5.41) is 14.1. The number of amides is 2. The van der Waals surface area contributed by atoms with Crippen LogP contribution in [0.4, 0.5) is 11.4 Å². The van der Waals surface area contributed by atoms with E-state index in [9.17, 15) is 28.1 Å². The lowest BCUT2D eigenvalue weighted by atomic mass is 10.1. The Kier molecular flexibility index (Phi) is 11.4. The van der Waals surface area contributed by atoms with Gasteiger partial charge in [0.2, 0.25) is 11.8 Å². The van der Waals surface area contributed by atoms with Crippen molar-refractivity contribution in [3.63, 3.8) is 0 Å². The van der Waals surface area contributed by atoms with E-state index in [-0.39, 0.29) is 28.7 Å². The fourth-order valence-electron chi connectivity index (χ4n) is 4.34. The number of anilines is 1. The molecule has 0 heterocycles. The summed E-state index contributed by atoms with van der Waals surface area (Å²) in [7, 11) is -2.73. The molecule has 11 nitrogen and oxygen atoms in total. The monoisotopic (exact) mass is 596 g/mol. The quantitative estimate of drug-likeness (QED) is 0.155. The van der Waals surface area contributed by atoms with Crippen molar-refractivity contribution in [3.05, 3.63) is 94.5 Å². The number of ether oxygens (including phenoxy) is 1. The number of methoxy groups -OCH3 is 1. The van der Waals surface area contributed by atoms with Gasteiger partial charge in [-0.15, -0.1) is 0 Å². The molecule has 1 atom stereocenters. The number of rotatable bonds is 15. The molecule has 0 aliphatic rings. The zero-order chi connectivity index (χ0) is 30.7. The third-order valence-corrected chi connectivity index (χ3v) is 8.47. The average Bonchev–Trinajstić information content (AvgIpc) is 3.00. The summed E-state index contributed by atoms with van der Waals surface area (Å²) in [6, 6.07) is 18.7. The summed E-state index contributed by atoms with van der Waals surface area (Å²) >= 11 is 0. The lowest BCUT2D eigenvalue weighted by Gasteiger charge is -2.33. The van der Waals surface area contributed by atoms with E-state index in [0.717, 1.165) is 22.7 Å². The molecule has 0 aliphatic carbocycles. The Bertz CT molecular complexity index is 1450. The topological polar surface area (TPSA) is 139 Å². The number of hydrogen-bond acceptors (Lipinski definition) is 7. The number of hydrogen-bond donors (Lipinski definition) is 1. The minimum Gasteiger partial charge on any atom is -0.497 e. The van der Waals surface area contributed by atoms with Gasteiger partial charge in [0, 0.05) is 25.2 Å². The highest BCUT2D eigenvalue weighted by molar-refractivity contribution is 7.92. The van der Waals surface area contributed by atoms with Crippen LogP contribution in [0.2, 0.25) is 0 Å². The van der Waals surface area contributed by atoms with Crippen molar-refractivity contribution >= 4 is 33.2 Å². The summed E-state index contributed by atoms with van der Waals surface area (Å²) in [5.74, 6) is -0.318. The number of benzene rings is 3. The van der Waals surface area contributed by atoms with E-state index in [4.69, 9.17) is 4.74 Å². The van der Waals surface area contributed by atoms with Crippen LogP contribution >= 0.6 is 0 Å². The van der Waals surface area contributed by atoms with Crippen LogP contribution in [0.3, 0.4) is 0 Å². The van der Waals surface area contributed by atoms with E-state index >= 15 is 0 Å². The number of carbonyl (C=O) groups is 2. The Hall–Kier alpha value is -4.45. The molecule has 12 heteroatoms. The van der Waals surface area contributed by atoms with E-state index in [0.29, 0.717) is 18.7 Å². The molecule has 0 fully saturated rings. The first-order chi connectivity index (χ1) is 20.1. The molecular weight excluding hydrogens is 560 g/mol. The zero-order valence-electron chi connectivity index (χ0n) is 23.9. The second-order valence-electron chi connectivity index (χ2n) is 9.54. The molecule has 0 aliphatic heterocycles. The molecule has 3 aromatic carbocycles. The van der Waals surface area contributed by atoms with Crippen molar-refractivity contribution in [2.45, 2.75) is 50.6 Å². The first-order valence-electron chi connectivity index (χ1n) is 13.6. The van der Waals surface area contributed by atoms with Crippen molar-refractivity contribution in [3.8, 4) is 5.75 Å². The number of nitrogens with zero attached hydrogens (tertiary/aromatic N) is 3. The average molecular weight is 597 g/mol. The van der Waals surface area contributed by atoms with Crippen molar-refractivity contribution in [1.29, 1.82) is 0 Å². The molecule has 3 aromatic rings. The summed E-state index contributed by atoms with van der Waals surface area (Å²) < 4.78 is 33.8. The lowest BCUT2D eigenvalue weighted by Crippen LogP contribution is -2.52. The maximum atomic E-state index is 14.0. The smallest absolute Gasteiger partial charge is 0.269 e. The van der Waals surface area contributed by atoms with Crippen LogP contribution in [0, 0.1) is 10.1 Å². The van der Waals surface area contributed by atoms with Gasteiger partial charge in [0.25, 0.3) is 15.7 Å². The number of unbranched alkanes of at least 4 members (excludes halogenated alkanes) is 1. The van der Waals surface area contributed by atoms with Crippen molar-refractivity contribution < 1.29 is 27.7 Å². The lowest BCUT2D eigenvalue weighted by molar-refractivity contribution is -0.384. The molecule has 0 spiro atoms. The molecule has 0 radical (unpaired) electrons. The van der Waals surface area contributed by atoms with E-state index in [1.165, 1.54) is 41.3 Å².